The Morgan fingerprint density at radius 1 is 1.38 bits per heavy atom. The first-order chi connectivity index (χ1) is 11.9. The molecule has 4 rings (SSSR count). The lowest BCUT2D eigenvalue weighted by Gasteiger charge is -2.35. The Hall–Kier alpha value is -1.81. The summed E-state index contributed by atoms with van der Waals surface area (Å²) < 4.78 is 37.3. The van der Waals surface area contributed by atoms with Crippen LogP contribution in [0.25, 0.3) is 10.9 Å². The van der Waals surface area contributed by atoms with Crippen LogP contribution in [0.4, 0.5) is 0 Å². The number of carbonyl (C=O) groups excluding carboxylic acids is 1. The van der Waals surface area contributed by atoms with Crippen molar-refractivity contribution in [2.24, 2.45) is 0 Å². The van der Waals surface area contributed by atoms with Gasteiger partial charge in [0, 0.05) is 42.0 Å². The molecule has 0 aliphatic carbocycles. The molecule has 0 amide bonds. The van der Waals surface area contributed by atoms with Crippen molar-refractivity contribution in [1.82, 2.24) is 9.88 Å². The maximum atomic E-state index is 12.7. The molecule has 21 heavy (non-hydrogen) atoms. The molecule has 2 aromatic rings. The first-order valence-electron chi connectivity index (χ1n) is 9.38. The van der Waals surface area contributed by atoms with Crippen molar-refractivity contribution in [3.63, 3.8) is 0 Å². The number of H-pyrrole nitrogens is 1. The van der Waals surface area contributed by atoms with Crippen LogP contribution in [0.2, 0.25) is 0 Å². The second kappa shape index (κ2) is 4.88. The number of aromatic amines is 1. The molecule has 2 unspecified atom stereocenters. The number of ether oxygens (including phenoxy) is 1. The standard InChI is InChI=1S/C17H20N2O2/c1-19-11-6-7-12(19)9-13(8-11)21-17(20)15-10-18-16-5-3-2-4-14(15)16/h2-5,10-13,18H,6-9H2,1H3/i2D,3D,4D,10D. The largest absolute Gasteiger partial charge is 0.459 e. The van der Waals surface area contributed by atoms with E-state index in [2.05, 4.69) is 16.9 Å². The van der Waals surface area contributed by atoms with Crippen molar-refractivity contribution in [2.45, 2.75) is 43.9 Å². The lowest BCUT2D eigenvalue weighted by atomic mass is 10.0. The molecule has 2 fully saturated rings. The van der Waals surface area contributed by atoms with E-state index in [0.717, 1.165) is 25.7 Å². The van der Waals surface area contributed by atoms with E-state index >= 15 is 0 Å². The highest BCUT2D eigenvalue weighted by molar-refractivity contribution is 6.04. The number of rotatable bonds is 2. The molecule has 0 saturated carbocycles. The van der Waals surface area contributed by atoms with Gasteiger partial charge in [0.25, 0.3) is 0 Å². The van der Waals surface area contributed by atoms with Gasteiger partial charge in [0.15, 0.2) is 0 Å². The number of nitrogens with zero attached hydrogens (tertiary/aromatic N) is 1. The van der Waals surface area contributed by atoms with Gasteiger partial charge in [-0.1, -0.05) is 18.1 Å². The van der Waals surface area contributed by atoms with Crippen LogP contribution >= 0.6 is 0 Å². The van der Waals surface area contributed by atoms with Gasteiger partial charge < -0.3 is 14.6 Å². The Bertz CT molecular complexity index is 852. The number of hydrogen-bond donors (Lipinski definition) is 1. The van der Waals surface area contributed by atoms with Crippen LogP contribution in [0.1, 0.15) is 41.5 Å². The van der Waals surface area contributed by atoms with Crippen molar-refractivity contribution >= 4 is 16.9 Å². The molecule has 2 aliphatic heterocycles. The fraction of sp³-hybridized carbons (Fsp3) is 0.471. The van der Waals surface area contributed by atoms with Crippen LogP contribution in [0, 0.1) is 0 Å². The Morgan fingerprint density at radius 3 is 2.90 bits per heavy atom. The summed E-state index contributed by atoms with van der Waals surface area (Å²) in [5.74, 6) is -0.615. The third kappa shape index (κ3) is 2.14. The molecule has 1 aromatic carbocycles. The monoisotopic (exact) mass is 288 g/mol. The van der Waals surface area contributed by atoms with E-state index in [1.54, 1.807) is 0 Å². The smallest absolute Gasteiger partial charge is 0.340 e. The molecule has 0 spiro atoms. The first-order valence-corrected chi connectivity index (χ1v) is 7.38. The van der Waals surface area contributed by atoms with E-state index in [0.29, 0.717) is 17.6 Å². The lowest BCUT2D eigenvalue weighted by molar-refractivity contribution is -0.000258. The number of aromatic nitrogens is 1. The second-order valence-electron chi connectivity index (χ2n) is 6.00. The van der Waals surface area contributed by atoms with Crippen LogP contribution in [0.5, 0.6) is 0 Å². The van der Waals surface area contributed by atoms with Gasteiger partial charge in [-0.25, -0.2) is 4.79 Å². The van der Waals surface area contributed by atoms with E-state index in [1.165, 1.54) is 6.07 Å². The zero-order valence-corrected chi connectivity index (χ0v) is 11.9. The van der Waals surface area contributed by atoms with Crippen LogP contribution in [0.3, 0.4) is 0 Å². The van der Waals surface area contributed by atoms with Crippen LogP contribution in [-0.2, 0) is 4.74 Å². The molecule has 1 aromatic heterocycles. The number of para-hydroxylation sites is 1. The van der Waals surface area contributed by atoms with Crippen molar-refractivity contribution < 1.29 is 15.0 Å². The number of hydrogen-bond acceptors (Lipinski definition) is 3. The maximum Gasteiger partial charge on any atom is 0.340 e. The van der Waals surface area contributed by atoms with Gasteiger partial charge in [-0.2, -0.15) is 0 Å². The van der Waals surface area contributed by atoms with Gasteiger partial charge in [-0.3, -0.25) is 0 Å². The van der Waals surface area contributed by atoms with Crippen LogP contribution < -0.4 is 0 Å². The summed E-state index contributed by atoms with van der Waals surface area (Å²) in [6.07, 6.45) is 3.53. The molecular formula is C17H20N2O2. The summed E-state index contributed by atoms with van der Waals surface area (Å²) in [7, 11) is 2.11. The zero-order valence-electron chi connectivity index (χ0n) is 15.9. The van der Waals surface area contributed by atoms with Crippen molar-refractivity contribution in [1.29, 1.82) is 0 Å². The topological polar surface area (TPSA) is 45.3 Å². The van der Waals surface area contributed by atoms with Gasteiger partial charge in [0.2, 0.25) is 0 Å². The Kier molecular flexibility index (Phi) is 2.15. The summed E-state index contributed by atoms with van der Waals surface area (Å²) >= 11 is 0. The third-order valence-electron chi connectivity index (χ3n) is 4.85. The van der Waals surface area contributed by atoms with E-state index in [4.69, 9.17) is 10.2 Å². The highest BCUT2D eigenvalue weighted by atomic mass is 16.5. The first kappa shape index (κ1) is 9.26. The average Bonchev–Trinajstić information content (AvgIpc) is 2.97. The van der Waals surface area contributed by atoms with Gasteiger partial charge in [-0.15, -0.1) is 0 Å². The minimum Gasteiger partial charge on any atom is -0.459 e. The number of esters is 1. The fourth-order valence-electron chi connectivity index (χ4n) is 3.66. The fourth-order valence-corrected chi connectivity index (χ4v) is 3.66. The van der Waals surface area contributed by atoms with Gasteiger partial charge in [0.1, 0.15) is 6.10 Å². The SMILES string of the molecule is [2H]c1cc2[nH]c([2H])c(C(=O)OC3CC4CCC(C3)N4C)c2c([2H])c1[2H]. The third-order valence-corrected chi connectivity index (χ3v) is 4.85. The number of carbonyl (C=O) groups is 1. The summed E-state index contributed by atoms with van der Waals surface area (Å²) in [4.78, 5) is 17.8. The van der Waals surface area contributed by atoms with Crippen molar-refractivity contribution in [3.05, 3.63) is 35.9 Å². The maximum absolute atomic E-state index is 12.7. The average molecular weight is 288 g/mol. The highest BCUT2D eigenvalue weighted by Gasteiger charge is 2.40. The highest BCUT2D eigenvalue weighted by Crippen LogP contribution is 2.35. The van der Waals surface area contributed by atoms with E-state index in [-0.39, 0.29) is 41.4 Å². The zero-order chi connectivity index (χ0) is 17.9. The normalized spacial score (nSPS) is 31.6. The quantitative estimate of drug-likeness (QED) is 0.864. The molecule has 4 heteroatoms. The van der Waals surface area contributed by atoms with Crippen LogP contribution in [-0.4, -0.2) is 41.1 Å². The predicted molar refractivity (Wildman–Crippen MR) is 81.3 cm³/mol. The molecule has 2 atom stereocenters. The van der Waals surface area contributed by atoms with Crippen molar-refractivity contribution in [3.8, 4) is 0 Å². The molecular weight excluding hydrogens is 264 g/mol. The van der Waals surface area contributed by atoms with Gasteiger partial charge in [-0.05, 0) is 26.0 Å². The van der Waals surface area contributed by atoms with E-state index in [9.17, 15) is 4.79 Å². The second-order valence-corrected chi connectivity index (χ2v) is 6.00. The molecule has 1 N–H and O–H groups in total. The summed E-state index contributed by atoms with van der Waals surface area (Å²) in [6.45, 7) is 0. The summed E-state index contributed by atoms with van der Waals surface area (Å²) in [6, 6.07) is 1.68. The Morgan fingerprint density at radius 2 is 2.14 bits per heavy atom. The summed E-state index contributed by atoms with van der Waals surface area (Å²) in [5.41, 5.74) is 0.353. The van der Waals surface area contributed by atoms with Gasteiger partial charge >= 0.3 is 5.97 Å². The molecule has 2 aliphatic rings. The number of fused-ring (bicyclic) bond motifs is 3. The molecule has 4 nitrogen and oxygen atoms in total. The number of nitrogens with one attached hydrogen (secondary N) is 1. The molecule has 2 bridgehead atoms. The molecule has 2 saturated heterocycles. The molecule has 0 radical (unpaired) electrons. The Labute approximate surface area is 129 Å². The van der Waals surface area contributed by atoms with E-state index < -0.39 is 5.97 Å². The van der Waals surface area contributed by atoms with E-state index in [1.807, 2.05) is 0 Å². The summed E-state index contributed by atoms with van der Waals surface area (Å²) in [5, 5.41) is 0.201. The van der Waals surface area contributed by atoms with Crippen LogP contribution in [0.15, 0.2) is 30.4 Å². The minimum absolute atomic E-state index is 0.000208. The van der Waals surface area contributed by atoms with Crippen molar-refractivity contribution in [2.75, 3.05) is 7.05 Å². The molecule has 3 heterocycles. The minimum atomic E-state index is -0.615. The van der Waals surface area contributed by atoms with Gasteiger partial charge in [0.05, 0.1) is 11.0 Å². The number of benzene rings is 1. The Balaban J connectivity index is 1.65. The lowest BCUT2D eigenvalue weighted by Crippen LogP contribution is -2.43. The number of piperidine rings is 1. The molecule has 110 valence electrons. The predicted octanol–water partition coefficient (Wildman–Crippen LogP) is 2.95.